The number of anilines is 1. The molecule has 0 aromatic heterocycles. The first-order chi connectivity index (χ1) is 9.97. The molecule has 0 saturated carbocycles. The highest BCUT2D eigenvalue weighted by atomic mass is 16.4. The van der Waals surface area contributed by atoms with Crippen LogP contribution in [0.4, 0.5) is 10.5 Å². The van der Waals surface area contributed by atoms with E-state index in [0.717, 1.165) is 11.3 Å². The van der Waals surface area contributed by atoms with Gasteiger partial charge in [0.1, 0.15) is 0 Å². The molecule has 3 amide bonds. The van der Waals surface area contributed by atoms with E-state index in [9.17, 15) is 19.5 Å². The number of nitrogens with one attached hydrogen (secondary N) is 1. The molecule has 1 aliphatic heterocycles. The minimum Gasteiger partial charge on any atom is -0.481 e. The molecule has 0 fully saturated rings. The van der Waals surface area contributed by atoms with Crippen LogP contribution < -0.4 is 16.0 Å². The van der Waals surface area contributed by atoms with Crippen molar-refractivity contribution in [1.82, 2.24) is 5.32 Å². The second-order valence-electron chi connectivity index (χ2n) is 4.98. The van der Waals surface area contributed by atoms with Gasteiger partial charge in [-0.1, -0.05) is 18.2 Å². The molecule has 0 bridgehead atoms. The van der Waals surface area contributed by atoms with Crippen LogP contribution in [0, 0.1) is 5.92 Å². The maximum absolute atomic E-state index is 11.5. The number of nitrogens with zero attached hydrogens (tertiary/aromatic N) is 1. The number of urea groups is 1. The molecule has 0 saturated heterocycles. The molecule has 21 heavy (non-hydrogen) atoms. The average Bonchev–Trinajstić information content (AvgIpc) is 2.43. The Morgan fingerprint density at radius 2 is 2.05 bits per heavy atom. The summed E-state index contributed by atoms with van der Waals surface area (Å²) in [6, 6.07) is 6.64. The fourth-order valence-corrected chi connectivity index (χ4v) is 2.50. The summed E-state index contributed by atoms with van der Waals surface area (Å²) < 4.78 is 0. The van der Waals surface area contributed by atoms with E-state index in [1.807, 2.05) is 34.5 Å². The van der Waals surface area contributed by atoms with E-state index in [1.165, 1.54) is 0 Å². The Balaban J connectivity index is 2.09. The summed E-state index contributed by atoms with van der Waals surface area (Å²) in [7, 11) is 0. The van der Waals surface area contributed by atoms with Crippen molar-refractivity contribution in [2.24, 2.45) is 11.7 Å². The molecule has 1 aliphatic rings. The van der Waals surface area contributed by atoms with Crippen LogP contribution in [0.1, 0.15) is 12.0 Å². The lowest BCUT2D eigenvalue weighted by atomic mass is 9.92. The normalized spacial score (nSPS) is 17.0. The van der Waals surface area contributed by atoms with Gasteiger partial charge >= 0.3 is 12.0 Å². The second kappa shape index (κ2) is 6.25. The molecule has 7 nitrogen and oxygen atoms in total. The Bertz CT molecular complexity index is 573. The van der Waals surface area contributed by atoms with Gasteiger partial charge in [-0.25, -0.2) is 4.79 Å². The van der Waals surface area contributed by atoms with Crippen molar-refractivity contribution in [2.75, 3.05) is 18.0 Å². The van der Waals surface area contributed by atoms with Gasteiger partial charge in [-0.2, -0.15) is 0 Å². The van der Waals surface area contributed by atoms with E-state index in [1.54, 1.807) is 0 Å². The topological polar surface area (TPSA) is 113 Å². The van der Waals surface area contributed by atoms with Crippen molar-refractivity contribution in [1.29, 1.82) is 0 Å². The van der Waals surface area contributed by atoms with Crippen molar-refractivity contribution < 1.29 is 19.5 Å². The molecular formula is C14H17N3O4. The van der Waals surface area contributed by atoms with Crippen LogP contribution >= 0.6 is 0 Å². The molecule has 1 atom stereocenters. The minimum absolute atomic E-state index is 0.0730. The highest BCUT2D eigenvalue weighted by Gasteiger charge is 2.28. The smallest absolute Gasteiger partial charge is 0.318 e. The Morgan fingerprint density at radius 3 is 2.71 bits per heavy atom. The zero-order valence-electron chi connectivity index (χ0n) is 11.4. The van der Waals surface area contributed by atoms with Crippen molar-refractivity contribution in [3.8, 4) is 0 Å². The van der Waals surface area contributed by atoms with E-state index in [2.05, 4.69) is 0 Å². The van der Waals surface area contributed by atoms with Gasteiger partial charge in [0, 0.05) is 25.2 Å². The largest absolute Gasteiger partial charge is 0.481 e. The fourth-order valence-electron chi connectivity index (χ4n) is 2.50. The standard InChI is InChI=1S/C14H17N3O4/c15-14(21)16-12(18)5-6-17-8-10(13(19)20)7-9-3-1-2-4-11(9)17/h1-4,10H,5-8H2,(H,19,20)(H3,15,16,18,21). The third kappa shape index (κ3) is 3.71. The SMILES string of the molecule is NC(=O)NC(=O)CCN1CC(C(=O)O)Cc2ccccc21. The minimum atomic E-state index is -0.887. The zero-order chi connectivity index (χ0) is 15.4. The molecule has 0 spiro atoms. The van der Waals surface area contributed by atoms with Crippen molar-refractivity contribution in [2.45, 2.75) is 12.8 Å². The number of carboxylic acids is 1. The van der Waals surface area contributed by atoms with Crippen LogP contribution in [0.25, 0.3) is 0 Å². The molecule has 4 N–H and O–H groups in total. The van der Waals surface area contributed by atoms with Crippen molar-refractivity contribution in [3.63, 3.8) is 0 Å². The molecular weight excluding hydrogens is 274 g/mol. The lowest BCUT2D eigenvalue weighted by molar-refractivity contribution is -0.141. The van der Waals surface area contributed by atoms with Crippen molar-refractivity contribution >= 4 is 23.6 Å². The van der Waals surface area contributed by atoms with Gasteiger partial charge in [-0.15, -0.1) is 0 Å². The molecule has 1 aromatic carbocycles. The number of rotatable bonds is 4. The van der Waals surface area contributed by atoms with Crippen LogP contribution in [0.2, 0.25) is 0 Å². The Hall–Kier alpha value is -2.57. The number of hydrogen-bond acceptors (Lipinski definition) is 4. The summed E-state index contributed by atoms with van der Waals surface area (Å²) in [4.78, 5) is 35.2. The van der Waals surface area contributed by atoms with Crippen LogP contribution in [-0.2, 0) is 16.0 Å². The van der Waals surface area contributed by atoms with Crippen LogP contribution in [0.3, 0.4) is 0 Å². The number of primary amides is 1. The van der Waals surface area contributed by atoms with Gasteiger partial charge in [-0.05, 0) is 18.1 Å². The highest BCUT2D eigenvalue weighted by Crippen LogP contribution is 2.29. The number of hydrogen-bond donors (Lipinski definition) is 3. The van der Waals surface area contributed by atoms with Gasteiger partial charge in [0.15, 0.2) is 0 Å². The first-order valence-electron chi connectivity index (χ1n) is 6.62. The van der Waals surface area contributed by atoms with Crippen LogP contribution in [0.15, 0.2) is 24.3 Å². The Morgan fingerprint density at radius 1 is 1.33 bits per heavy atom. The van der Waals surface area contributed by atoms with Gasteiger partial charge in [-0.3, -0.25) is 14.9 Å². The van der Waals surface area contributed by atoms with E-state index in [4.69, 9.17) is 5.73 Å². The summed E-state index contributed by atoms with van der Waals surface area (Å²) in [5.41, 5.74) is 6.76. The molecule has 7 heteroatoms. The third-order valence-electron chi connectivity index (χ3n) is 3.46. The number of carbonyl (C=O) groups is 3. The predicted octanol–water partition coefficient (Wildman–Crippen LogP) is 0.335. The van der Waals surface area contributed by atoms with Crippen molar-refractivity contribution in [3.05, 3.63) is 29.8 Å². The summed E-state index contributed by atoms with van der Waals surface area (Å²) in [5, 5.41) is 11.2. The summed E-state index contributed by atoms with van der Waals surface area (Å²) >= 11 is 0. The number of aliphatic carboxylic acids is 1. The highest BCUT2D eigenvalue weighted by molar-refractivity contribution is 5.93. The maximum atomic E-state index is 11.5. The molecule has 0 aliphatic carbocycles. The average molecular weight is 291 g/mol. The van der Waals surface area contributed by atoms with E-state index < -0.39 is 23.8 Å². The molecule has 1 aromatic rings. The first-order valence-corrected chi connectivity index (χ1v) is 6.62. The molecule has 2 rings (SSSR count). The lowest BCUT2D eigenvalue weighted by Crippen LogP contribution is -2.42. The monoisotopic (exact) mass is 291 g/mol. The fraction of sp³-hybridized carbons (Fsp3) is 0.357. The molecule has 1 heterocycles. The number of carboxylic acid groups (broad SMARTS) is 1. The number of nitrogens with two attached hydrogens (primary N) is 1. The number of benzene rings is 1. The van der Waals surface area contributed by atoms with E-state index in [0.29, 0.717) is 19.5 Å². The summed E-state index contributed by atoms with van der Waals surface area (Å²) in [6.07, 6.45) is 0.555. The lowest BCUT2D eigenvalue weighted by Gasteiger charge is -2.34. The second-order valence-corrected chi connectivity index (χ2v) is 4.98. The number of amides is 3. The quantitative estimate of drug-likeness (QED) is 0.740. The predicted molar refractivity (Wildman–Crippen MR) is 75.8 cm³/mol. The zero-order valence-corrected chi connectivity index (χ0v) is 11.4. The number of imide groups is 1. The van der Waals surface area contributed by atoms with Gasteiger partial charge < -0.3 is 15.7 Å². The number of carbonyl (C=O) groups excluding carboxylic acids is 2. The van der Waals surface area contributed by atoms with Crippen LogP contribution in [0.5, 0.6) is 0 Å². The Kier molecular flexibility index (Phi) is 4.42. The van der Waals surface area contributed by atoms with Crippen LogP contribution in [-0.4, -0.2) is 36.1 Å². The Labute approximate surface area is 121 Å². The molecule has 112 valence electrons. The van der Waals surface area contributed by atoms with Gasteiger partial charge in [0.05, 0.1) is 5.92 Å². The number of para-hydroxylation sites is 1. The summed E-state index contributed by atoms with van der Waals surface area (Å²) in [5.74, 6) is -1.83. The van der Waals surface area contributed by atoms with Gasteiger partial charge in [0.2, 0.25) is 5.91 Å². The maximum Gasteiger partial charge on any atom is 0.318 e. The third-order valence-corrected chi connectivity index (χ3v) is 3.46. The van der Waals surface area contributed by atoms with Gasteiger partial charge in [0.25, 0.3) is 0 Å². The summed E-state index contributed by atoms with van der Waals surface area (Å²) in [6.45, 7) is 0.677. The molecule has 0 radical (unpaired) electrons. The number of fused-ring (bicyclic) bond motifs is 1. The van der Waals surface area contributed by atoms with E-state index in [-0.39, 0.29) is 6.42 Å². The molecule has 1 unspecified atom stereocenters. The first kappa shape index (κ1) is 14.8. The van der Waals surface area contributed by atoms with E-state index >= 15 is 0 Å².